The maximum atomic E-state index is 13.2. The summed E-state index contributed by atoms with van der Waals surface area (Å²) in [6.45, 7) is 4.01. The summed E-state index contributed by atoms with van der Waals surface area (Å²) in [5, 5.41) is 0.745. The van der Waals surface area contributed by atoms with E-state index in [9.17, 15) is 16.8 Å². The Balaban J connectivity index is 1.59. The lowest BCUT2D eigenvalue weighted by Gasteiger charge is -2.33. The molecule has 1 aliphatic rings. The van der Waals surface area contributed by atoms with E-state index in [0.29, 0.717) is 11.1 Å². The minimum Gasteiger partial charge on any atom is -0.255 e. The molecule has 30 heavy (non-hydrogen) atoms. The highest BCUT2D eigenvalue weighted by Gasteiger charge is 2.35. The lowest BCUT2D eigenvalue weighted by Crippen LogP contribution is -2.50. The van der Waals surface area contributed by atoms with Crippen LogP contribution in [0.25, 0.3) is 10.9 Å². The van der Waals surface area contributed by atoms with E-state index in [1.165, 1.54) is 8.61 Å². The molecule has 4 rings (SSSR count). The van der Waals surface area contributed by atoms with Crippen LogP contribution in [-0.4, -0.2) is 56.6 Å². The first-order valence-electron chi connectivity index (χ1n) is 9.62. The van der Waals surface area contributed by atoms with Gasteiger partial charge in [-0.2, -0.15) is 8.61 Å². The van der Waals surface area contributed by atoms with Crippen LogP contribution in [0.15, 0.2) is 64.5 Å². The summed E-state index contributed by atoms with van der Waals surface area (Å²) in [6, 6.07) is 14.0. The number of fused-ring (bicyclic) bond motifs is 1. The van der Waals surface area contributed by atoms with Crippen molar-refractivity contribution in [2.24, 2.45) is 0 Å². The van der Waals surface area contributed by atoms with Crippen LogP contribution in [-0.2, 0) is 20.0 Å². The fourth-order valence-corrected chi connectivity index (χ4v) is 7.02. The molecule has 0 saturated carbocycles. The van der Waals surface area contributed by atoms with Crippen LogP contribution in [0, 0.1) is 13.8 Å². The number of piperazine rings is 1. The molecule has 0 bridgehead atoms. The molecule has 0 atom stereocenters. The van der Waals surface area contributed by atoms with Crippen molar-refractivity contribution in [1.82, 2.24) is 13.6 Å². The van der Waals surface area contributed by atoms with Gasteiger partial charge < -0.3 is 0 Å². The Morgan fingerprint density at radius 3 is 2.03 bits per heavy atom. The van der Waals surface area contributed by atoms with Crippen LogP contribution < -0.4 is 0 Å². The molecule has 3 aromatic rings. The molecule has 1 fully saturated rings. The largest absolute Gasteiger partial charge is 0.255 e. The zero-order valence-corrected chi connectivity index (χ0v) is 18.4. The van der Waals surface area contributed by atoms with Crippen molar-refractivity contribution in [1.29, 1.82) is 0 Å². The number of hydrogen-bond donors (Lipinski definition) is 0. The van der Waals surface area contributed by atoms with Crippen molar-refractivity contribution < 1.29 is 16.8 Å². The van der Waals surface area contributed by atoms with E-state index in [4.69, 9.17) is 0 Å². The second kappa shape index (κ2) is 7.73. The molecule has 0 unspecified atom stereocenters. The Labute approximate surface area is 177 Å². The number of para-hydroxylation sites is 1. The number of benzene rings is 2. The standard InChI is InChI=1S/C21H23N3O4S2/c1-16-8-9-17(2)20(15-16)30(27,28)24-13-11-23(12-14-24)29(25,26)19-7-3-5-18-6-4-10-22-21(18)19/h3-10,15H,11-14H2,1-2H3. The van der Waals surface area contributed by atoms with E-state index in [1.54, 1.807) is 43.5 Å². The number of aryl methyl sites for hydroxylation is 2. The van der Waals surface area contributed by atoms with Crippen LogP contribution in [0.1, 0.15) is 11.1 Å². The van der Waals surface area contributed by atoms with Crippen molar-refractivity contribution in [3.8, 4) is 0 Å². The molecule has 7 nitrogen and oxygen atoms in total. The van der Waals surface area contributed by atoms with Gasteiger partial charge in [-0.25, -0.2) is 16.8 Å². The first-order chi connectivity index (χ1) is 14.2. The molecule has 2 heterocycles. The Morgan fingerprint density at radius 2 is 1.37 bits per heavy atom. The Morgan fingerprint density at radius 1 is 0.767 bits per heavy atom. The van der Waals surface area contributed by atoms with E-state index in [1.807, 2.05) is 25.1 Å². The first-order valence-corrected chi connectivity index (χ1v) is 12.5. The molecule has 158 valence electrons. The van der Waals surface area contributed by atoms with Gasteiger partial charge in [-0.3, -0.25) is 4.98 Å². The third-order valence-corrected chi connectivity index (χ3v) is 9.34. The molecule has 1 saturated heterocycles. The van der Waals surface area contributed by atoms with Crippen molar-refractivity contribution in [2.75, 3.05) is 26.2 Å². The second-order valence-electron chi connectivity index (χ2n) is 7.41. The summed E-state index contributed by atoms with van der Waals surface area (Å²) < 4.78 is 55.4. The van der Waals surface area contributed by atoms with Crippen molar-refractivity contribution in [3.63, 3.8) is 0 Å². The van der Waals surface area contributed by atoms with Gasteiger partial charge in [-0.05, 0) is 43.2 Å². The van der Waals surface area contributed by atoms with Gasteiger partial charge >= 0.3 is 0 Å². The molecule has 1 aromatic heterocycles. The molecule has 0 aliphatic carbocycles. The zero-order chi connectivity index (χ0) is 21.5. The van der Waals surface area contributed by atoms with E-state index < -0.39 is 20.0 Å². The lowest BCUT2D eigenvalue weighted by atomic mass is 10.2. The molecule has 2 aromatic carbocycles. The average molecular weight is 446 g/mol. The maximum absolute atomic E-state index is 13.2. The number of hydrogen-bond acceptors (Lipinski definition) is 5. The number of rotatable bonds is 4. The SMILES string of the molecule is Cc1ccc(C)c(S(=O)(=O)N2CCN(S(=O)(=O)c3cccc4cccnc34)CC2)c1. The summed E-state index contributed by atoms with van der Waals surface area (Å²) in [5.74, 6) is 0. The van der Waals surface area contributed by atoms with E-state index in [-0.39, 0.29) is 36.0 Å². The molecule has 0 amide bonds. The third kappa shape index (κ3) is 3.62. The first kappa shape index (κ1) is 20.9. The van der Waals surface area contributed by atoms with E-state index in [0.717, 1.165) is 10.9 Å². The topological polar surface area (TPSA) is 87.7 Å². The number of pyridine rings is 1. The van der Waals surface area contributed by atoms with Gasteiger partial charge in [0, 0.05) is 37.8 Å². The van der Waals surface area contributed by atoms with Crippen LogP contribution in [0.5, 0.6) is 0 Å². The van der Waals surface area contributed by atoms with E-state index in [2.05, 4.69) is 4.98 Å². The molecular weight excluding hydrogens is 422 g/mol. The normalized spacial score (nSPS) is 16.7. The van der Waals surface area contributed by atoms with Gasteiger partial charge in [0.15, 0.2) is 0 Å². The summed E-state index contributed by atoms with van der Waals surface area (Å²) in [6.07, 6.45) is 1.57. The van der Waals surface area contributed by atoms with Crippen LogP contribution >= 0.6 is 0 Å². The van der Waals surface area contributed by atoms with Crippen LogP contribution in [0.2, 0.25) is 0 Å². The van der Waals surface area contributed by atoms with Gasteiger partial charge in [0.1, 0.15) is 4.90 Å². The third-order valence-electron chi connectivity index (χ3n) is 5.37. The minimum absolute atomic E-state index is 0.0929. The summed E-state index contributed by atoms with van der Waals surface area (Å²) in [5.41, 5.74) is 1.96. The van der Waals surface area contributed by atoms with Crippen molar-refractivity contribution in [3.05, 3.63) is 65.9 Å². The molecule has 9 heteroatoms. The fraction of sp³-hybridized carbons (Fsp3) is 0.286. The van der Waals surface area contributed by atoms with Gasteiger partial charge in [-0.1, -0.05) is 30.3 Å². The molecule has 0 N–H and O–H groups in total. The second-order valence-corrected chi connectivity index (χ2v) is 11.2. The van der Waals surface area contributed by atoms with Crippen molar-refractivity contribution in [2.45, 2.75) is 23.6 Å². The average Bonchev–Trinajstić information content (AvgIpc) is 2.75. The predicted molar refractivity (Wildman–Crippen MR) is 115 cm³/mol. The highest BCUT2D eigenvalue weighted by molar-refractivity contribution is 7.89. The number of aromatic nitrogens is 1. The highest BCUT2D eigenvalue weighted by atomic mass is 32.2. The van der Waals surface area contributed by atoms with Crippen LogP contribution in [0.3, 0.4) is 0 Å². The maximum Gasteiger partial charge on any atom is 0.245 e. The zero-order valence-electron chi connectivity index (χ0n) is 16.8. The number of sulfonamides is 2. The molecule has 1 aliphatic heterocycles. The van der Waals surface area contributed by atoms with E-state index >= 15 is 0 Å². The van der Waals surface area contributed by atoms with Crippen LogP contribution in [0.4, 0.5) is 0 Å². The Kier molecular flexibility index (Phi) is 5.39. The number of nitrogens with zero attached hydrogens (tertiary/aromatic N) is 3. The lowest BCUT2D eigenvalue weighted by molar-refractivity contribution is 0.273. The quantitative estimate of drug-likeness (QED) is 0.616. The van der Waals surface area contributed by atoms with Gasteiger partial charge in [-0.15, -0.1) is 0 Å². The van der Waals surface area contributed by atoms with Gasteiger partial charge in [0.2, 0.25) is 20.0 Å². The molecule has 0 spiro atoms. The monoisotopic (exact) mass is 445 g/mol. The smallest absolute Gasteiger partial charge is 0.245 e. The highest BCUT2D eigenvalue weighted by Crippen LogP contribution is 2.27. The van der Waals surface area contributed by atoms with Gasteiger partial charge in [0.05, 0.1) is 10.4 Å². The summed E-state index contributed by atoms with van der Waals surface area (Å²) in [4.78, 5) is 4.66. The van der Waals surface area contributed by atoms with Crippen molar-refractivity contribution >= 4 is 30.9 Å². The Hall–Kier alpha value is -2.33. The summed E-state index contributed by atoms with van der Waals surface area (Å²) in [7, 11) is -7.47. The molecular formula is C21H23N3O4S2. The fourth-order valence-electron chi connectivity index (χ4n) is 3.70. The summed E-state index contributed by atoms with van der Waals surface area (Å²) >= 11 is 0. The molecule has 0 radical (unpaired) electrons. The Bertz CT molecular complexity index is 1310. The minimum atomic E-state index is -3.79. The predicted octanol–water partition coefficient (Wildman–Crippen LogP) is 2.55. The van der Waals surface area contributed by atoms with Gasteiger partial charge in [0.25, 0.3) is 0 Å².